The van der Waals surface area contributed by atoms with E-state index in [2.05, 4.69) is 0 Å². The molecule has 1 atom stereocenters. The van der Waals surface area contributed by atoms with Crippen molar-refractivity contribution in [3.63, 3.8) is 0 Å². The summed E-state index contributed by atoms with van der Waals surface area (Å²) in [5, 5.41) is 10.7. The van der Waals surface area contributed by atoms with Gasteiger partial charge in [-0.25, -0.2) is 8.42 Å². The molecule has 1 aliphatic heterocycles. The summed E-state index contributed by atoms with van der Waals surface area (Å²) in [6.07, 6.45) is 0.407. The lowest BCUT2D eigenvalue weighted by Crippen LogP contribution is -2.48. The molecular formula is C10H15NO4S2. The van der Waals surface area contributed by atoms with Crippen molar-refractivity contribution in [3.05, 3.63) is 17.5 Å². The fourth-order valence-corrected chi connectivity index (χ4v) is 4.60. The maximum Gasteiger partial charge on any atom is 0.252 e. The van der Waals surface area contributed by atoms with Crippen LogP contribution in [0.1, 0.15) is 6.42 Å². The molecule has 2 heterocycles. The van der Waals surface area contributed by atoms with Crippen LogP contribution in [0, 0.1) is 0 Å². The Morgan fingerprint density at radius 2 is 2.41 bits per heavy atom. The highest BCUT2D eigenvalue weighted by atomic mass is 32.2. The first kappa shape index (κ1) is 13.0. The molecule has 0 aliphatic carbocycles. The van der Waals surface area contributed by atoms with Gasteiger partial charge in [0.05, 0.1) is 19.3 Å². The monoisotopic (exact) mass is 277 g/mol. The molecule has 1 aliphatic rings. The van der Waals surface area contributed by atoms with Crippen LogP contribution in [0.15, 0.2) is 21.7 Å². The predicted molar refractivity (Wildman–Crippen MR) is 64.5 cm³/mol. The molecular weight excluding hydrogens is 262 g/mol. The van der Waals surface area contributed by atoms with Crippen molar-refractivity contribution < 1.29 is 18.3 Å². The molecule has 0 radical (unpaired) electrons. The summed E-state index contributed by atoms with van der Waals surface area (Å²) in [7, 11) is -3.43. The molecule has 0 unspecified atom stereocenters. The number of sulfonamides is 1. The van der Waals surface area contributed by atoms with E-state index in [0.717, 1.165) is 0 Å². The van der Waals surface area contributed by atoms with E-state index in [1.807, 2.05) is 0 Å². The van der Waals surface area contributed by atoms with Gasteiger partial charge in [-0.15, -0.1) is 11.3 Å². The van der Waals surface area contributed by atoms with Gasteiger partial charge < -0.3 is 9.84 Å². The van der Waals surface area contributed by atoms with Crippen LogP contribution in [-0.4, -0.2) is 50.2 Å². The lowest BCUT2D eigenvalue weighted by molar-refractivity contribution is 0.0238. The van der Waals surface area contributed by atoms with E-state index >= 15 is 0 Å². The Balaban J connectivity index is 2.24. The molecule has 1 aromatic heterocycles. The number of ether oxygens (including phenoxy) is 1. The van der Waals surface area contributed by atoms with Crippen molar-refractivity contribution in [2.45, 2.75) is 16.7 Å². The molecule has 0 amide bonds. The van der Waals surface area contributed by atoms with Gasteiger partial charge >= 0.3 is 0 Å². The Bertz CT molecular complexity index is 441. The number of aliphatic hydroxyl groups is 1. The Kier molecular flexibility index (Phi) is 4.16. The van der Waals surface area contributed by atoms with Gasteiger partial charge in [-0.05, 0) is 17.9 Å². The first-order valence-electron chi connectivity index (χ1n) is 5.40. The summed E-state index contributed by atoms with van der Waals surface area (Å²) in [5.74, 6) is 0. The van der Waals surface area contributed by atoms with Crippen LogP contribution in [0.4, 0.5) is 0 Å². The van der Waals surface area contributed by atoms with Crippen LogP contribution < -0.4 is 0 Å². The third-order valence-electron chi connectivity index (χ3n) is 2.69. The zero-order valence-corrected chi connectivity index (χ0v) is 10.9. The van der Waals surface area contributed by atoms with Gasteiger partial charge in [-0.1, -0.05) is 6.07 Å². The molecule has 1 fully saturated rings. The topological polar surface area (TPSA) is 66.8 Å². The standard InChI is InChI=1S/C10H15NO4S2/c12-5-3-9-8-15-6-4-11(9)17(13,14)10-2-1-7-16-10/h1-2,7,9,12H,3-6,8H2/t9-/m0/s1. The third kappa shape index (κ3) is 2.69. The fourth-order valence-electron chi connectivity index (χ4n) is 1.86. The summed E-state index contributed by atoms with van der Waals surface area (Å²) in [6, 6.07) is 3.06. The first-order valence-corrected chi connectivity index (χ1v) is 7.72. The van der Waals surface area contributed by atoms with E-state index in [0.29, 0.717) is 30.4 Å². The summed E-state index contributed by atoms with van der Waals surface area (Å²) in [4.78, 5) is 0. The Hall–Kier alpha value is -0.470. The van der Waals surface area contributed by atoms with Gasteiger partial charge in [0.15, 0.2) is 0 Å². The maximum absolute atomic E-state index is 12.3. The van der Waals surface area contributed by atoms with Gasteiger partial charge in [0.25, 0.3) is 10.0 Å². The first-order chi connectivity index (χ1) is 8.16. The smallest absolute Gasteiger partial charge is 0.252 e. The van der Waals surface area contributed by atoms with E-state index in [4.69, 9.17) is 9.84 Å². The Labute approximate surface area is 105 Å². The van der Waals surface area contributed by atoms with Gasteiger partial charge in [0, 0.05) is 13.2 Å². The molecule has 5 nitrogen and oxygen atoms in total. The van der Waals surface area contributed by atoms with E-state index < -0.39 is 10.0 Å². The number of hydrogen-bond acceptors (Lipinski definition) is 5. The second kappa shape index (κ2) is 5.45. The van der Waals surface area contributed by atoms with Crippen LogP contribution in [0.2, 0.25) is 0 Å². The van der Waals surface area contributed by atoms with Crippen molar-refractivity contribution >= 4 is 21.4 Å². The highest BCUT2D eigenvalue weighted by Crippen LogP contribution is 2.25. The minimum absolute atomic E-state index is 0.0372. The Morgan fingerprint density at radius 1 is 1.59 bits per heavy atom. The van der Waals surface area contributed by atoms with Crippen LogP contribution in [0.3, 0.4) is 0 Å². The van der Waals surface area contributed by atoms with Crippen LogP contribution >= 0.6 is 11.3 Å². The summed E-state index contributed by atoms with van der Waals surface area (Å²) in [5.41, 5.74) is 0. The normalized spacial score (nSPS) is 22.8. The van der Waals surface area contributed by atoms with Crippen LogP contribution in [-0.2, 0) is 14.8 Å². The third-order valence-corrected chi connectivity index (χ3v) is 6.02. The molecule has 2 rings (SSSR count). The molecule has 7 heteroatoms. The van der Waals surface area contributed by atoms with Gasteiger partial charge in [0.1, 0.15) is 4.21 Å². The molecule has 1 saturated heterocycles. The van der Waals surface area contributed by atoms with E-state index in [1.54, 1.807) is 17.5 Å². The molecule has 17 heavy (non-hydrogen) atoms. The summed E-state index contributed by atoms with van der Waals surface area (Å²) in [6.45, 7) is 1.08. The molecule has 96 valence electrons. The Morgan fingerprint density at radius 3 is 3.06 bits per heavy atom. The van der Waals surface area contributed by atoms with Crippen molar-refractivity contribution in [1.82, 2.24) is 4.31 Å². The second-order valence-corrected chi connectivity index (χ2v) is 6.85. The number of nitrogens with zero attached hydrogens (tertiary/aromatic N) is 1. The number of rotatable bonds is 4. The molecule has 0 spiro atoms. The van der Waals surface area contributed by atoms with Gasteiger partial charge in [-0.3, -0.25) is 0 Å². The molecule has 0 saturated carbocycles. The highest BCUT2D eigenvalue weighted by Gasteiger charge is 2.34. The largest absolute Gasteiger partial charge is 0.396 e. The van der Waals surface area contributed by atoms with Crippen LogP contribution in [0.5, 0.6) is 0 Å². The molecule has 0 aromatic carbocycles. The summed E-state index contributed by atoms with van der Waals surface area (Å²) < 4.78 is 31.7. The fraction of sp³-hybridized carbons (Fsp3) is 0.600. The molecule has 1 aromatic rings. The zero-order chi connectivity index (χ0) is 12.3. The van der Waals surface area contributed by atoms with Crippen molar-refractivity contribution in [2.24, 2.45) is 0 Å². The quantitative estimate of drug-likeness (QED) is 0.871. The maximum atomic E-state index is 12.3. The minimum atomic E-state index is -3.43. The average Bonchev–Trinajstić information content (AvgIpc) is 2.84. The lowest BCUT2D eigenvalue weighted by Gasteiger charge is -2.33. The van der Waals surface area contributed by atoms with E-state index in [9.17, 15) is 8.42 Å². The second-order valence-electron chi connectivity index (χ2n) is 3.79. The summed E-state index contributed by atoms with van der Waals surface area (Å²) >= 11 is 1.21. The minimum Gasteiger partial charge on any atom is -0.396 e. The lowest BCUT2D eigenvalue weighted by atomic mass is 10.2. The predicted octanol–water partition coefficient (Wildman–Crippen LogP) is 0.520. The number of morpholine rings is 1. The van der Waals surface area contributed by atoms with E-state index in [1.165, 1.54) is 15.6 Å². The molecule has 1 N–H and O–H groups in total. The van der Waals surface area contributed by atoms with Crippen molar-refractivity contribution in [3.8, 4) is 0 Å². The SMILES string of the molecule is O=S(=O)(c1cccs1)N1CCOC[C@@H]1CCO. The van der Waals surface area contributed by atoms with Crippen LogP contribution in [0.25, 0.3) is 0 Å². The van der Waals surface area contributed by atoms with Gasteiger partial charge in [0.2, 0.25) is 0 Å². The van der Waals surface area contributed by atoms with Gasteiger partial charge in [-0.2, -0.15) is 4.31 Å². The van der Waals surface area contributed by atoms with Crippen molar-refractivity contribution in [1.29, 1.82) is 0 Å². The number of hydrogen-bond donors (Lipinski definition) is 1. The number of thiophene rings is 1. The molecule has 0 bridgehead atoms. The average molecular weight is 277 g/mol. The van der Waals surface area contributed by atoms with Crippen molar-refractivity contribution in [2.75, 3.05) is 26.4 Å². The highest BCUT2D eigenvalue weighted by molar-refractivity contribution is 7.91. The van der Waals surface area contributed by atoms with E-state index in [-0.39, 0.29) is 12.6 Å². The number of aliphatic hydroxyl groups excluding tert-OH is 1. The zero-order valence-electron chi connectivity index (χ0n) is 9.28.